The highest BCUT2D eigenvalue weighted by Crippen LogP contribution is 2.37. The van der Waals surface area contributed by atoms with Gasteiger partial charge < -0.3 is 9.64 Å². The predicted octanol–water partition coefficient (Wildman–Crippen LogP) is 3.74. The van der Waals surface area contributed by atoms with Gasteiger partial charge in [-0.1, -0.05) is 42.5 Å². The first-order valence-electron chi connectivity index (χ1n) is 8.39. The topological polar surface area (TPSA) is 72.6 Å². The van der Waals surface area contributed by atoms with E-state index in [1.54, 1.807) is 19.2 Å². The summed E-state index contributed by atoms with van der Waals surface area (Å²) in [6, 6.07) is 20.7. The molecule has 0 unspecified atom stereocenters. The summed E-state index contributed by atoms with van der Waals surface area (Å²) in [6.45, 7) is 0. The molecule has 0 atom stereocenters. The van der Waals surface area contributed by atoms with Gasteiger partial charge in [0.2, 0.25) is 10.0 Å². The van der Waals surface area contributed by atoms with Crippen LogP contribution in [0, 0.1) is 0 Å². The molecular weight excluding hydrogens is 360 g/mol. The molecule has 0 spiro atoms. The fraction of sp³-hybridized carbons (Fsp3) is 0.143. The summed E-state index contributed by atoms with van der Waals surface area (Å²) < 4.78 is 28.4. The minimum Gasteiger partial charge on any atom is -0.495 e. The molecule has 3 rings (SSSR count). The van der Waals surface area contributed by atoms with Crippen molar-refractivity contribution in [1.29, 1.82) is 0 Å². The number of hydrogen-bond acceptors (Lipinski definition) is 4. The van der Waals surface area contributed by atoms with Crippen LogP contribution in [-0.4, -0.2) is 29.6 Å². The molecule has 0 heterocycles. The molecular formula is C21H22N2O3S. The van der Waals surface area contributed by atoms with Crippen LogP contribution in [0.25, 0.3) is 22.3 Å². The largest absolute Gasteiger partial charge is 0.495 e. The molecule has 3 aromatic carbocycles. The van der Waals surface area contributed by atoms with Gasteiger partial charge in [-0.2, -0.15) is 0 Å². The van der Waals surface area contributed by atoms with Gasteiger partial charge in [0.25, 0.3) is 0 Å². The molecule has 0 aliphatic carbocycles. The van der Waals surface area contributed by atoms with Gasteiger partial charge in [0.05, 0.1) is 17.7 Å². The summed E-state index contributed by atoms with van der Waals surface area (Å²) in [5.74, 6) is 0.804. The Labute approximate surface area is 160 Å². The van der Waals surface area contributed by atoms with E-state index in [0.717, 1.165) is 33.7 Å². The summed E-state index contributed by atoms with van der Waals surface area (Å²) in [4.78, 5) is 2.11. The Bertz CT molecular complexity index is 1060. The number of nitrogens with zero attached hydrogens (tertiary/aromatic N) is 1. The average Bonchev–Trinajstić information content (AvgIpc) is 2.67. The minimum atomic E-state index is -3.71. The number of rotatable bonds is 5. The molecule has 0 aromatic heterocycles. The molecule has 0 aliphatic heterocycles. The Morgan fingerprint density at radius 2 is 1.41 bits per heavy atom. The first-order valence-corrected chi connectivity index (χ1v) is 9.94. The Balaban J connectivity index is 2.11. The van der Waals surface area contributed by atoms with E-state index in [9.17, 15) is 8.42 Å². The third-order valence-electron chi connectivity index (χ3n) is 4.39. The summed E-state index contributed by atoms with van der Waals surface area (Å²) in [5.41, 5.74) is 5.00. The molecule has 0 fully saturated rings. The van der Waals surface area contributed by atoms with Crippen molar-refractivity contribution in [3.05, 3.63) is 66.7 Å². The number of nitrogens with two attached hydrogens (primary N) is 1. The maximum absolute atomic E-state index is 11.5. The van der Waals surface area contributed by atoms with E-state index in [1.165, 1.54) is 12.1 Å². The van der Waals surface area contributed by atoms with E-state index >= 15 is 0 Å². The predicted molar refractivity (Wildman–Crippen MR) is 110 cm³/mol. The van der Waals surface area contributed by atoms with Crippen LogP contribution in [0.3, 0.4) is 0 Å². The number of anilines is 1. The Kier molecular flexibility index (Phi) is 5.21. The third-order valence-corrected chi connectivity index (χ3v) is 5.32. The molecule has 3 aromatic rings. The van der Waals surface area contributed by atoms with Crippen LogP contribution in [0.15, 0.2) is 71.6 Å². The van der Waals surface area contributed by atoms with Gasteiger partial charge in [-0.25, -0.2) is 13.6 Å². The van der Waals surface area contributed by atoms with Gasteiger partial charge >= 0.3 is 0 Å². The molecule has 0 aliphatic rings. The van der Waals surface area contributed by atoms with Crippen molar-refractivity contribution in [3.63, 3.8) is 0 Å². The van der Waals surface area contributed by atoms with Gasteiger partial charge in [-0.05, 0) is 46.5 Å². The zero-order valence-corrected chi connectivity index (χ0v) is 16.3. The smallest absolute Gasteiger partial charge is 0.238 e. The Morgan fingerprint density at radius 3 is 1.93 bits per heavy atom. The van der Waals surface area contributed by atoms with Crippen LogP contribution in [-0.2, 0) is 10.0 Å². The molecule has 5 nitrogen and oxygen atoms in total. The molecule has 0 bridgehead atoms. The summed E-state index contributed by atoms with van der Waals surface area (Å²) in [7, 11) is 1.89. The number of primary sulfonamides is 1. The van der Waals surface area contributed by atoms with E-state index < -0.39 is 10.0 Å². The van der Waals surface area contributed by atoms with Gasteiger partial charge in [0.15, 0.2) is 0 Å². The molecule has 27 heavy (non-hydrogen) atoms. The van der Waals surface area contributed by atoms with Crippen LogP contribution in [0.1, 0.15) is 0 Å². The molecule has 6 heteroatoms. The van der Waals surface area contributed by atoms with E-state index in [2.05, 4.69) is 6.07 Å². The fourth-order valence-electron chi connectivity index (χ4n) is 3.02. The fourth-order valence-corrected chi connectivity index (χ4v) is 3.53. The summed E-state index contributed by atoms with van der Waals surface area (Å²) in [6.07, 6.45) is 0. The van der Waals surface area contributed by atoms with Crippen molar-refractivity contribution < 1.29 is 13.2 Å². The van der Waals surface area contributed by atoms with Crippen molar-refractivity contribution in [2.75, 3.05) is 26.1 Å². The van der Waals surface area contributed by atoms with Crippen molar-refractivity contribution in [2.24, 2.45) is 5.14 Å². The van der Waals surface area contributed by atoms with E-state index in [-0.39, 0.29) is 4.90 Å². The lowest BCUT2D eigenvalue weighted by atomic mass is 9.94. The van der Waals surface area contributed by atoms with Gasteiger partial charge in [-0.15, -0.1) is 0 Å². The van der Waals surface area contributed by atoms with Gasteiger partial charge in [0, 0.05) is 14.1 Å². The zero-order chi connectivity index (χ0) is 19.6. The average molecular weight is 382 g/mol. The van der Waals surface area contributed by atoms with Crippen molar-refractivity contribution in [2.45, 2.75) is 4.90 Å². The second kappa shape index (κ2) is 7.42. The highest BCUT2D eigenvalue weighted by Gasteiger charge is 2.13. The van der Waals surface area contributed by atoms with Crippen LogP contribution >= 0.6 is 0 Å². The first kappa shape index (κ1) is 18.9. The Morgan fingerprint density at radius 1 is 0.852 bits per heavy atom. The van der Waals surface area contributed by atoms with Crippen molar-refractivity contribution >= 4 is 15.7 Å². The second-order valence-electron chi connectivity index (χ2n) is 6.40. The highest BCUT2D eigenvalue weighted by atomic mass is 32.2. The van der Waals surface area contributed by atoms with Gasteiger partial charge in [0.1, 0.15) is 5.75 Å². The van der Waals surface area contributed by atoms with Gasteiger partial charge in [-0.3, -0.25) is 0 Å². The maximum atomic E-state index is 11.5. The van der Waals surface area contributed by atoms with Crippen LogP contribution in [0.2, 0.25) is 0 Å². The van der Waals surface area contributed by atoms with E-state index in [1.807, 2.05) is 55.4 Å². The molecule has 2 N–H and O–H groups in total. The standard InChI is InChI=1S/C21H22N2O3S/c1-23(2)20-14-16(10-13-21(20)26-3)19-7-5-4-6-18(19)15-8-11-17(12-9-15)27(22,24)25/h4-14H,1-3H3,(H2,22,24,25). The molecule has 140 valence electrons. The first-order chi connectivity index (χ1) is 12.8. The summed E-state index contributed by atoms with van der Waals surface area (Å²) >= 11 is 0. The summed E-state index contributed by atoms with van der Waals surface area (Å²) in [5, 5.41) is 5.19. The molecule has 0 saturated heterocycles. The number of methoxy groups -OCH3 is 1. The third kappa shape index (κ3) is 3.97. The van der Waals surface area contributed by atoms with Crippen LogP contribution in [0.4, 0.5) is 5.69 Å². The van der Waals surface area contributed by atoms with Crippen LogP contribution in [0.5, 0.6) is 5.75 Å². The second-order valence-corrected chi connectivity index (χ2v) is 7.96. The highest BCUT2D eigenvalue weighted by molar-refractivity contribution is 7.89. The molecule has 0 amide bonds. The van der Waals surface area contributed by atoms with E-state index in [0.29, 0.717) is 0 Å². The SMILES string of the molecule is COc1ccc(-c2ccccc2-c2ccc(S(N)(=O)=O)cc2)cc1N(C)C. The molecule has 0 radical (unpaired) electrons. The van der Waals surface area contributed by atoms with E-state index in [4.69, 9.17) is 9.88 Å². The quantitative estimate of drug-likeness (QED) is 0.730. The number of benzene rings is 3. The number of hydrogen-bond donors (Lipinski definition) is 1. The lowest BCUT2D eigenvalue weighted by molar-refractivity contribution is 0.415. The minimum absolute atomic E-state index is 0.100. The van der Waals surface area contributed by atoms with Crippen molar-refractivity contribution in [1.82, 2.24) is 0 Å². The van der Waals surface area contributed by atoms with Crippen LogP contribution < -0.4 is 14.8 Å². The monoisotopic (exact) mass is 382 g/mol. The number of ether oxygens (including phenoxy) is 1. The zero-order valence-electron chi connectivity index (χ0n) is 15.5. The lowest BCUT2D eigenvalue weighted by Crippen LogP contribution is -2.11. The molecule has 0 saturated carbocycles. The lowest BCUT2D eigenvalue weighted by Gasteiger charge is -2.19. The normalized spacial score (nSPS) is 11.3. The van der Waals surface area contributed by atoms with Crippen molar-refractivity contribution in [3.8, 4) is 28.0 Å². The Hall–Kier alpha value is -2.83. The number of sulfonamides is 1. The maximum Gasteiger partial charge on any atom is 0.238 e.